The number of aromatic nitrogens is 2. The summed E-state index contributed by atoms with van der Waals surface area (Å²) >= 11 is 0. The zero-order chi connectivity index (χ0) is 6.85. The molecule has 0 fully saturated rings. The van der Waals surface area contributed by atoms with E-state index >= 15 is 0 Å². The Morgan fingerprint density at radius 3 is 2.50 bits per heavy atom. The third-order valence-corrected chi connectivity index (χ3v) is 1.27. The van der Waals surface area contributed by atoms with Gasteiger partial charge in [0, 0.05) is 19.4 Å². The van der Waals surface area contributed by atoms with Gasteiger partial charge < -0.3 is 10.3 Å². The Hall–Kier alpha value is -0.540. The quantitative estimate of drug-likeness (QED) is 0.664. The van der Waals surface area contributed by atoms with E-state index in [9.17, 15) is 0 Å². The lowest BCUT2D eigenvalue weighted by molar-refractivity contribution is 0.686. The fraction of sp³-hybridized carbons (Fsp3) is 0.500. The molecule has 4 heteroatoms. The summed E-state index contributed by atoms with van der Waals surface area (Å²) in [6, 6.07) is 0.0324. The highest BCUT2D eigenvalue weighted by molar-refractivity contribution is 5.85. The molecule has 1 unspecified atom stereocenters. The van der Waals surface area contributed by atoms with Crippen LogP contribution >= 0.6 is 12.4 Å². The lowest BCUT2D eigenvalue weighted by atomic mass is 10.3. The van der Waals surface area contributed by atoms with Crippen LogP contribution < -0.4 is 5.73 Å². The Balaban J connectivity index is 0.000000810. The van der Waals surface area contributed by atoms with Crippen LogP contribution in [-0.2, 0) is 7.05 Å². The smallest absolute Gasteiger partial charge is 0.125 e. The summed E-state index contributed by atoms with van der Waals surface area (Å²) in [5.41, 5.74) is 5.58. The van der Waals surface area contributed by atoms with Gasteiger partial charge in [0.1, 0.15) is 5.82 Å². The molecular formula is C6H12ClN3. The van der Waals surface area contributed by atoms with Crippen molar-refractivity contribution in [3.05, 3.63) is 18.2 Å². The Kier molecular flexibility index (Phi) is 3.39. The Labute approximate surface area is 66.7 Å². The van der Waals surface area contributed by atoms with Gasteiger partial charge in [0.15, 0.2) is 0 Å². The van der Waals surface area contributed by atoms with E-state index in [0.29, 0.717) is 0 Å². The third-order valence-electron chi connectivity index (χ3n) is 1.27. The normalized spacial score (nSPS) is 12.3. The molecule has 58 valence electrons. The molecule has 0 aliphatic carbocycles. The molecule has 0 radical (unpaired) electrons. The number of nitrogens with two attached hydrogens (primary N) is 1. The van der Waals surface area contributed by atoms with Gasteiger partial charge >= 0.3 is 0 Å². The van der Waals surface area contributed by atoms with Crippen molar-refractivity contribution in [3.63, 3.8) is 0 Å². The maximum atomic E-state index is 5.58. The Morgan fingerprint density at radius 1 is 1.70 bits per heavy atom. The molecule has 0 saturated heterocycles. The van der Waals surface area contributed by atoms with Crippen LogP contribution in [0.4, 0.5) is 0 Å². The second kappa shape index (κ2) is 3.58. The highest BCUT2D eigenvalue weighted by Gasteiger charge is 2.01. The highest BCUT2D eigenvalue weighted by atomic mass is 35.5. The van der Waals surface area contributed by atoms with Crippen molar-refractivity contribution in [2.24, 2.45) is 12.8 Å². The first kappa shape index (κ1) is 9.46. The number of nitrogens with zero attached hydrogens (tertiary/aromatic N) is 2. The topological polar surface area (TPSA) is 43.8 Å². The van der Waals surface area contributed by atoms with Crippen LogP contribution in [0.3, 0.4) is 0 Å². The molecule has 0 aliphatic rings. The van der Waals surface area contributed by atoms with Gasteiger partial charge in [-0.3, -0.25) is 0 Å². The van der Waals surface area contributed by atoms with Gasteiger partial charge in [-0.15, -0.1) is 12.4 Å². The van der Waals surface area contributed by atoms with Gasteiger partial charge in [-0.1, -0.05) is 0 Å². The van der Waals surface area contributed by atoms with E-state index < -0.39 is 0 Å². The number of imidazole rings is 1. The summed E-state index contributed by atoms with van der Waals surface area (Å²) in [6.45, 7) is 1.92. The summed E-state index contributed by atoms with van der Waals surface area (Å²) in [7, 11) is 1.94. The molecule has 2 N–H and O–H groups in total. The van der Waals surface area contributed by atoms with E-state index in [4.69, 9.17) is 5.73 Å². The largest absolute Gasteiger partial charge is 0.337 e. The standard InChI is InChI=1S/C6H11N3.ClH/c1-5(7)6-8-3-4-9(6)2;/h3-5H,7H2,1-2H3;1H. The fourth-order valence-electron chi connectivity index (χ4n) is 0.816. The minimum Gasteiger partial charge on any atom is -0.337 e. The number of rotatable bonds is 1. The summed E-state index contributed by atoms with van der Waals surface area (Å²) < 4.78 is 1.92. The van der Waals surface area contributed by atoms with Crippen LogP contribution in [-0.4, -0.2) is 9.55 Å². The first-order valence-corrected chi connectivity index (χ1v) is 2.94. The predicted molar refractivity (Wildman–Crippen MR) is 43.1 cm³/mol. The first-order valence-electron chi connectivity index (χ1n) is 2.94. The average molecular weight is 162 g/mol. The van der Waals surface area contributed by atoms with Gasteiger partial charge in [-0.05, 0) is 6.92 Å². The summed E-state index contributed by atoms with van der Waals surface area (Å²) in [5, 5.41) is 0. The number of hydrogen-bond acceptors (Lipinski definition) is 2. The molecule has 1 heterocycles. The van der Waals surface area contributed by atoms with Crippen LogP contribution in [0.25, 0.3) is 0 Å². The lowest BCUT2D eigenvalue weighted by Crippen LogP contribution is -2.10. The molecule has 10 heavy (non-hydrogen) atoms. The number of halogens is 1. The number of hydrogen-bond donors (Lipinski definition) is 1. The van der Waals surface area contributed by atoms with E-state index in [0.717, 1.165) is 5.82 Å². The van der Waals surface area contributed by atoms with Crippen molar-refractivity contribution in [1.82, 2.24) is 9.55 Å². The van der Waals surface area contributed by atoms with E-state index in [2.05, 4.69) is 4.98 Å². The zero-order valence-corrected chi connectivity index (χ0v) is 6.93. The molecule has 0 aromatic carbocycles. The summed E-state index contributed by atoms with van der Waals surface area (Å²) in [5.74, 6) is 0.926. The van der Waals surface area contributed by atoms with E-state index in [1.54, 1.807) is 6.20 Å². The molecule has 0 spiro atoms. The second-order valence-electron chi connectivity index (χ2n) is 2.19. The van der Waals surface area contributed by atoms with Gasteiger partial charge in [0.05, 0.1) is 6.04 Å². The van der Waals surface area contributed by atoms with Crippen LogP contribution in [0.2, 0.25) is 0 Å². The molecule has 0 amide bonds. The third kappa shape index (κ3) is 1.72. The van der Waals surface area contributed by atoms with E-state index in [1.807, 2.05) is 24.7 Å². The van der Waals surface area contributed by atoms with Crippen LogP contribution in [0.5, 0.6) is 0 Å². The van der Waals surface area contributed by atoms with Gasteiger partial charge in [-0.25, -0.2) is 4.98 Å². The van der Waals surface area contributed by atoms with Crippen LogP contribution in [0.1, 0.15) is 18.8 Å². The summed E-state index contributed by atoms with van der Waals surface area (Å²) in [6.07, 6.45) is 3.64. The van der Waals surface area contributed by atoms with Crippen LogP contribution in [0.15, 0.2) is 12.4 Å². The molecule has 1 aromatic rings. The molecule has 1 aromatic heterocycles. The molecule has 1 rings (SSSR count). The number of aryl methyl sites for hydroxylation is 1. The minimum atomic E-state index is 0. The second-order valence-corrected chi connectivity index (χ2v) is 2.19. The van der Waals surface area contributed by atoms with E-state index in [-0.39, 0.29) is 18.4 Å². The van der Waals surface area contributed by atoms with E-state index in [1.165, 1.54) is 0 Å². The molecule has 0 bridgehead atoms. The molecule has 1 atom stereocenters. The van der Waals surface area contributed by atoms with Gasteiger partial charge in [-0.2, -0.15) is 0 Å². The minimum absolute atomic E-state index is 0. The van der Waals surface area contributed by atoms with Crippen molar-refractivity contribution >= 4 is 12.4 Å². The predicted octanol–water partition coefficient (Wildman–Crippen LogP) is 0.862. The lowest BCUT2D eigenvalue weighted by Gasteiger charge is -2.02. The maximum Gasteiger partial charge on any atom is 0.125 e. The molecule has 0 aliphatic heterocycles. The van der Waals surface area contributed by atoms with Gasteiger partial charge in [0.2, 0.25) is 0 Å². The molecule has 0 saturated carbocycles. The van der Waals surface area contributed by atoms with Gasteiger partial charge in [0.25, 0.3) is 0 Å². The molecular weight excluding hydrogens is 150 g/mol. The maximum absolute atomic E-state index is 5.58. The van der Waals surface area contributed by atoms with Crippen molar-refractivity contribution < 1.29 is 0 Å². The van der Waals surface area contributed by atoms with Crippen molar-refractivity contribution in [2.75, 3.05) is 0 Å². The average Bonchev–Trinajstić information content (AvgIpc) is 2.13. The van der Waals surface area contributed by atoms with Crippen molar-refractivity contribution in [2.45, 2.75) is 13.0 Å². The zero-order valence-electron chi connectivity index (χ0n) is 6.11. The summed E-state index contributed by atoms with van der Waals surface area (Å²) in [4.78, 5) is 4.05. The Morgan fingerprint density at radius 2 is 2.30 bits per heavy atom. The first-order chi connectivity index (χ1) is 4.22. The monoisotopic (exact) mass is 161 g/mol. The Bertz CT molecular complexity index is 195. The fourth-order valence-corrected chi connectivity index (χ4v) is 0.816. The van der Waals surface area contributed by atoms with Crippen molar-refractivity contribution in [1.29, 1.82) is 0 Å². The van der Waals surface area contributed by atoms with Crippen LogP contribution in [0, 0.1) is 0 Å². The van der Waals surface area contributed by atoms with Crippen molar-refractivity contribution in [3.8, 4) is 0 Å². The molecule has 3 nitrogen and oxygen atoms in total. The highest BCUT2D eigenvalue weighted by Crippen LogP contribution is 2.02. The SMILES string of the molecule is CC(N)c1nccn1C.Cl.